The van der Waals surface area contributed by atoms with E-state index < -0.39 is 0 Å². The lowest BCUT2D eigenvalue weighted by Crippen LogP contribution is -2.31. The lowest BCUT2D eigenvalue weighted by atomic mass is 10.1. The van der Waals surface area contributed by atoms with Crippen LogP contribution in [0.2, 0.25) is 0 Å². The summed E-state index contributed by atoms with van der Waals surface area (Å²) in [5.74, 6) is 1.02. The molecule has 0 saturated carbocycles. The summed E-state index contributed by atoms with van der Waals surface area (Å²) in [5, 5.41) is 19.1. The molecule has 1 aromatic carbocycles. The summed E-state index contributed by atoms with van der Waals surface area (Å²) in [5.41, 5.74) is 1.66. The van der Waals surface area contributed by atoms with Gasteiger partial charge in [0.15, 0.2) is 6.61 Å². The molecule has 0 saturated heterocycles. The van der Waals surface area contributed by atoms with E-state index in [1.807, 2.05) is 41.8 Å². The molecule has 0 bridgehead atoms. The second-order valence-electron chi connectivity index (χ2n) is 6.53. The summed E-state index contributed by atoms with van der Waals surface area (Å²) >= 11 is 1.60. The zero-order valence-electron chi connectivity index (χ0n) is 15.7. The molecule has 0 aliphatic carbocycles. The van der Waals surface area contributed by atoms with Gasteiger partial charge in [-0.05, 0) is 58.3 Å². The number of thiophene rings is 1. The second-order valence-corrected chi connectivity index (χ2v) is 7.48. The van der Waals surface area contributed by atoms with Crippen molar-refractivity contribution < 1.29 is 13.9 Å². The Bertz CT molecular complexity index is 1140. The van der Waals surface area contributed by atoms with Crippen molar-refractivity contribution in [3.8, 4) is 11.4 Å². The Balaban J connectivity index is 1.30. The number of hydrazone groups is 1. The van der Waals surface area contributed by atoms with E-state index in [2.05, 4.69) is 20.6 Å². The first kappa shape index (κ1) is 18.3. The number of furan rings is 1. The fraction of sp³-hybridized carbons (Fsp3) is 0.150. The average molecular weight is 420 g/mol. The van der Waals surface area contributed by atoms with Crippen LogP contribution in [0.4, 0.5) is 0 Å². The van der Waals surface area contributed by atoms with Gasteiger partial charge in [0.25, 0.3) is 5.91 Å². The maximum absolute atomic E-state index is 12.9. The van der Waals surface area contributed by atoms with Crippen LogP contribution in [0.1, 0.15) is 23.1 Å². The van der Waals surface area contributed by atoms with Crippen molar-refractivity contribution in [1.82, 2.24) is 25.2 Å². The highest BCUT2D eigenvalue weighted by molar-refractivity contribution is 7.12. The largest absolute Gasteiger partial charge is 0.484 e. The molecule has 5 rings (SSSR count). The molecule has 1 atom stereocenters. The van der Waals surface area contributed by atoms with Gasteiger partial charge in [-0.15, -0.1) is 16.4 Å². The quantitative estimate of drug-likeness (QED) is 0.475. The minimum absolute atomic E-state index is 0.136. The van der Waals surface area contributed by atoms with Crippen LogP contribution in [0.5, 0.6) is 5.75 Å². The first-order chi connectivity index (χ1) is 14.8. The Morgan fingerprint density at radius 3 is 2.80 bits per heavy atom. The lowest BCUT2D eigenvalue weighted by molar-refractivity contribution is -0.135. The third-order valence-electron chi connectivity index (χ3n) is 4.66. The molecule has 0 radical (unpaired) electrons. The van der Waals surface area contributed by atoms with Gasteiger partial charge in [0, 0.05) is 6.42 Å². The lowest BCUT2D eigenvalue weighted by Gasteiger charge is -2.20. The predicted octanol–water partition coefficient (Wildman–Crippen LogP) is 3.07. The van der Waals surface area contributed by atoms with E-state index in [0.29, 0.717) is 17.9 Å². The molecule has 3 aromatic heterocycles. The summed E-state index contributed by atoms with van der Waals surface area (Å²) in [6, 6.07) is 14.5. The van der Waals surface area contributed by atoms with Crippen LogP contribution >= 0.6 is 11.3 Å². The van der Waals surface area contributed by atoms with Crippen LogP contribution in [0.25, 0.3) is 5.69 Å². The number of hydrogen-bond donors (Lipinski definition) is 0. The van der Waals surface area contributed by atoms with Crippen LogP contribution in [0.15, 0.2) is 76.0 Å². The third-order valence-corrected chi connectivity index (χ3v) is 5.57. The molecule has 0 fully saturated rings. The molecule has 1 aliphatic rings. The molecule has 4 heterocycles. The number of benzene rings is 1. The summed E-state index contributed by atoms with van der Waals surface area (Å²) < 4.78 is 12.8. The van der Waals surface area contributed by atoms with E-state index >= 15 is 0 Å². The van der Waals surface area contributed by atoms with E-state index in [-0.39, 0.29) is 18.6 Å². The van der Waals surface area contributed by atoms with Crippen molar-refractivity contribution in [3.05, 3.63) is 77.1 Å². The highest BCUT2D eigenvalue weighted by atomic mass is 32.1. The summed E-state index contributed by atoms with van der Waals surface area (Å²) in [7, 11) is 0. The van der Waals surface area contributed by atoms with Crippen LogP contribution < -0.4 is 4.74 Å². The molecule has 1 amide bonds. The van der Waals surface area contributed by atoms with E-state index in [1.54, 1.807) is 29.7 Å². The first-order valence-corrected chi connectivity index (χ1v) is 10.1. The summed E-state index contributed by atoms with van der Waals surface area (Å²) in [6.45, 7) is -0.136. The van der Waals surface area contributed by atoms with E-state index in [4.69, 9.17) is 9.15 Å². The Labute approximate surface area is 175 Å². The van der Waals surface area contributed by atoms with E-state index in [9.17, 15) is 4.79 Å². The molecular formula is C20H16N6O3S. The maximum atomic E-state index is 12.9. The van der Waals surface area contributed by atoms with Crippen molar-refractivity contribution in [2.75, 3.05) is 6.61 Å². The van der Waals surface area contributed by atoms with Gasteiger partial charge in [0.2, 0.25) is 0 Å². The molecule has 9 nitrogen and oxygen atoms in total. The van der Waals surface area contributed by atoms with Gasteiger partial charge in [-0.25, -0.2) is 9.69 Å². The van der Waals surface area contributed by atoms with Crippen molar-refractivity contribution in [3.63, 3.8) is 0 Å². The minimum Gasteiger partial charge on any atom is -0.484 e. The fourth-order valence-corrected chi connectivity index (χ4v) is 3.94. The van der Waals surface area contributed by atoms with Gasteiger partial charge in [0.05, 0.1) is 22.5 Å². The first-order valence-electron chi connectivity index (χ1n) is 9.21. The molecule has 10 heteroatoms. The summed E-state index contributed by atoms with van der Waals surface area (Å²) in [4.78, 5) is 14.0. The summed E-state index contributed by atoms with van der Waals surface area (Å²) in [6.07, 6.45) is 3.70. The number of carbonyl (C=O) groups excluding carboxylic acids is 1. The van der Waals surface area contributed by atoms with Gasteiger partial charge >= 0.3 is 0 Å². The Hall–Kier alpha value is -3.79. The van der Waals surface area contributed by atoms with Crippen LogP contribution in [-0.2, 0) is 4.79 Å². The number of ether oxygens (including phenoxy) is 1. The third kappa shape index (κ3) is 3.60. The van der Waals surface area contributed by atoms with Crippen molar-refractivity contribution in [2.45, 2.75) is 12.5 Å². The SMILES string of the molecule is O=C(COc1ccc(-n2cnnn2)cc1)N1N=C(c2cccs2)C[C@H]1c1ccco1. The number of hydrogen-bond acceptors (Lipinski definition) is 8. The Morgan fingerprint density at radius 1 is 1.20 bits per heavy atom. The fourth-order valence-electron chi connectivity index (χ4n) is 3.22. The zero-order chi connectivity index (χ0) is 20.3. The molecule has 1 aliphatic heterocycles. The topological polar surface area (TPSA) is 98.6 Å². The zero-order valence-corrected chi connectivity index (χ0v) is 16.5. The highest BCUT2D eigenvalue weighted by Gasteiger charge is 2.35. The number of amides is 1. The van der Waals surface area contributed by atoms with E-state index in [0.717, 1.165) is 16.3 Å². The van der Waals surface area contributed by atoms with Crippen LogP contribution in [0.3, 0.4) is 0 Å². The number of tetrazole rings is 1. The Morgan fingerprint density at radius 2 is 2.10 bits per heavy atom. The number of aromatic nitrogens is 4. The molecule has 0 N–H and O–H groups in total. The molecule has 0 spiro atoms. The average Bonchev–Trinajstić information content (AvgIpc) is 3.58. The van der Waals surface area contributed by atoms with Gasteiger partial charge in [-0.2, -0.15) is 5.10 Å². The van der Waals surface area contributed by atoms with Crippen molar-refractivity contribution in [1.29, 1.82) is 0 Å². The smallest absolute Gasteiger partial charge is 0.281 e. The number of nitrogens with zero attached hydrogens (tertiary/aromatic N) is 6. The standard InChI is InChI=1S/C20H16N6O3S/c27-20(12-29-15-7-5-14(6-8-15)25-13-21-23-24-25)26-17(18-3-1-9-28-18)11-16(22-26)19-4-2-10-30-19/h1-10,13,17H,11-12H2/t17-/m0/s1. The van der Waals surface area contributed by atoms with Crippen molar-refractivity contribution in [2.24, 2.45) is 5.10 Å². The number of carbonyl (C=O) groups is 1. The maximum Gasteiger partial charge on any atom is 0.281 e. The molecule has 30 heavy (non-hydrogen) atoms. The number of rotatable bonds is 6. The van der Waals surface area contributed by atoms with E-state index in [1.165, 1.54) is 16.0 Å². The predicted molar refractivity (Wildman–Crippen MR) is 108 cm³/mol. The Kier molecular flexibility index (Phi) is 4.81. The van der Waals surface area contributed by atoms with Gasteiger partial charge in [-0.3, -0.25) is 4.79 Å². The highest BCUT2D eigenvalue weighted by Crippen LogP contribution is 2.34. The molecule has 4 aromatic rings. The van der Waals surface area contributed by atoms with Gasteiger partial charge in [-0.1, -0.05) is 6.07 Å². The van der Waals surface area contributed by atoms with Crippen LogP contribution in [0, 0.1) is 0 Å². The van der Waals surface area contributed by atoms with Crippen molar-refractivity contribution >= 4 is 23.0 Å². The minimum atomic E-state index is -0.282. The second kappa shape index (κ2) is 7.91. The monoisotopic (exact) mass is 420 g/mol. The van der Waals surface area contributed by atoms with Gasteiger partial charge in [0.1, 0.15) is 23.9 Å². The van der Waals surface area contributed by atoms with Gasteiger partial charge < -0.3 is 9.15 Å². The molecule has 0 unspecified atom stereocenters. The normalized spacial score (nSPS) is 15.9. The molecular weight excluding hydrogens is 404 g/mol. The van der Waals surface area contributed by atoms with Crippen LogP contribution in [-0.4, -0.2) is 43.4 Å². The molecule has 150 valence electrons.